The average Bonchev–Trinajstić information content (AvgIpc) is 2.49. The molecule has 22 heavy (non-hydrogen) atoms. The Labute approximate surface area is 127 Å². The molecule has 2 aromatic heterocycles. The van der Waals surface area contributed by atoms with Crippen LogP contribution in [0.25, 0.3) is 27.2 Å². The number of phenolic OH excluding ortho intramolecular Hbond substituents is 1. The van der Waals surface area contributed by atoms with Gasteiger partial charge in [-0.2, -0.15) is 0 Å². The van der Waals surface area contributed by atoms with Gasteiger partial charge in [0.15, 0.2) is 0 Å². The second kappa shape index (κ2) is 5.15. The molecule has 0 saturated heterocycles. The topological polar surface area (TPSA) is 66.0 Å². The van der Waals surface area contributed by atoms with E-state index in [4.69, 9.17) is 0 Å². The number of nitrogens with one attached hydrogen (secondary N) is 1. The number of nitrogens with zero attached hydrogens (tertiary/aromatic N) is 1. The number of hydrogen-bond donors (Lipinski definition) is 2. The number of hydrogen-bond acceptors (Lipinski definition) is 3. The molecule has 3 aromatic rings. The molecule has 2 N–H and O–H groups in total. The zero-order valence-electron chi connectivity index (χ0n) is 12.5. The molecule has 0 spiro atoms. The number of allylic oxidation sites excluding steroid dienone is 3. The molecule has 3 rings (SSSR count). The first-order chi connectivity index (χ1) is 10.5. The van der Waals surface area contributed by atoms with Crippen LogP contribution in [0.1, 0.15) is 18.1 Å². The maximum atomic E-state index is 12.3. The van der Waals surface area contributed by atoms with Crippen molar-refractivity contribution < 1.29 is 5.11 Å². The normalized spacial score (nSPS) is 12.0. The third-order valence-electron chi connectivity index (χ3n) is 3.84. The molecule has 1 aromatic carbocycles. The van der Waals surface area contributed by atoms with Crippen molar-refractivity contribution >= 4 is 27.2 Å². The molecule has 0 fully saturated rings. The van der Waals surface area contributed by atoms with Gasteiger partial charge in [0.1, 0.15) is 5.75 Å². The minimum Gasteiger partial charge on any atom is -0.507 e. The second-order valence-electron chi connectivity index (χ2n) is 5.30. The number of benzene rings is 1. The summed E-state index contributed by atoms with van der Waals surface area (Å²) in [6.07, 6.45) is 6.76. The Morgan fingerprint density at radius 2 is 2.18 bits per heavy atom. The number of aromatic hydroxyl groups is 1. The Morgan fingerprint density at radius 3 is 2.91 bits per heavy atom. The van der Waals surface area contributed by atoms with Gasteiger partial charge < -0.3 is 10.1 Å². The van der Waals surface area contributed by atoms with Crippen LogP contribution in [0.15, 0.2) is 48.1 Å². The lowest BCUT2D eigenvalue weighted by atomic mass is 9.94. The van der Waals surface area contributed by atoms with E-state index < -0.39 is 0 Å². The summed E-state index contributed by atoms with van der Waals surface area (Å²) in [5.74, 6) is 0.179. The Bertz CT molecular complexity index is 997. The number of aromatic nitrogens is 2. The van der Waals surface area contributed by atoms with E-state index in [1.54, 1.807) is 30.6 Å². The zero-order chi connectivity index (χ0) is 15.9. The van der Waals surface area contributed by atoms with E-state index >= 15 is 0 Å². The number of H-pyrrole nitrogens is 1. The maximum absolute atomic E-state index is 12.3. The van der Waals surface area contributed by atoms with Gasteiger partial charge in [-0.25, -0.2) is 0 Å². The SMILES string of the molecule is C=C/C=C(\C)c1c(O)cc(C)c2[nH]c(=O)c3ccncc3c12. The van der Waals surface area contributed by atoms with Gasteiger partial charge in [-0.3, -0.25) is 9.78 Å². The fourth-order valence-corrected chi connectivity index (χ4v) is 2.86. The van der Waals surface area contributed by atoms with E-state index in [-0.39, 0.29) is 11.3 Å². The molecule has 0 unspecified atom stereocenters. The van der Waals surface area contributed by atoms with Gasteiger partial charge in [0, 0.05) is 28.7 Å². The first-order valence-electron chi connectivity index (χ1n) is 6.96. The molecular weight excluding hydrogens is 276 g/mol. The third kappa shape index (κ3) is 2.00. The molecule has 0 saturated carbocycles. The Morgan fingerprint density at radius 1 is 1.41 bits per heavy atom. The van der Waals surface area contributed by atoms with Gasteiger partial charge in [0.2, 0.25) is 0 Å². The van der Waals surface area contributed by atoms with Crippen molar-refractivity contribution in [1.82, 2.24) is 9.97 Å². The largest absolute Gasteiger partial charge is 0.507 e. The Hall–Kier alpha value is -2.88. The van der Waals surface area contributed by atoms with Gasteiger partial charge in [0.05, 0.1) is 10.9 Å². The van der Waals surface area contributed by atoms with E-state index in [0.29, 0.717) is 10.9 Å². The number of phenols is 1. The van der Waals surface area contributed by atoms with Crippen molar-refractivity contribution in [3.8, 4) is 5.75 Å². The van der Waals surface area contributed by atoms with Crippen molar-refractivity contribution in [2.24, 2.45) is 0 Å². The lowest BCUT2D eigenvalue weighted by Crippen LogP contribution is -2.08. The summed E-state index contributed by atoms with van der Waals surface area (Å²) in [6.45, 7) is 7.46. The van der Waals surface area contributed by atoms with Crippen LogP contribution < -0.4 is 5.56 Å². The average molecular weight is 292 g/mol. The monoisotopic (exact) mass is 292 g/mol. The fraction of sp³-hybridized carbons (Fsp3) is 0.111. The number of rotatable bonds is 2. The van der Waals surface area contributed by atoms with E-state index in [1.165, 1.54) is 0 Å². The minimum atomic E-state index is -0.157. The van der Waals surface area contributed by atoms with Crippen molar-refractivity contribution in [2.75, 3.05) is 0 Å². The summed E-state index contributed by atoms with van der Waals surface area (Å²) in [5.41, 5.74) is 2.93. The number of aryl methyl sites for hydroxylation is 1. The van der Waals surface area contributed by atoms with Crippen LogP contribution >= 0.6 is 0 Å². The van der Waals surface area contributed by atoms with Crippen LogP contribution in [0, 0.1) is 6.92 Å². The highest BCUT2D eigenvalue weighted by molar-refractivity contribution is 6.12. The minimum absolute atomic E-state index is 0.157. The van der Waals surface area contributed by atoms with Gasteiger partial charge in [-0.15, -0.1) is 0 Å². The predicted octanol–water partition coefficient (Wildman–Crippen LogP) is 3.68. The van der Waals surface area contributed by atoms with Gasteiger partial charge in [-0.05, 0) is 37.1 Å². The number of fused-ring (bicyclic) bond motifs is 3. The molecule has 0 bridgehead atoms. The zero-order valence-corrected chi connectivity index (χ0v) is 12.5. The summed E-state index contributed by atoms with van der Waals surface area (Å²) >= 11 is 0. The predicted molar refractivity (Wildman–Crippen MR) is 90.1 cm³/mol. The summed E-state index contributed by atoms with van der Waals surface area (Å²) in [6, 6.07) is 3.35. The molecule has 0 radical (unpaired) electrons. The summed E-state index contributed by atoms with van der Waals surface area (Å²) in [4.78, 5) is 19.3. The second-order valence-corrected chi connectivity index (χ2v) is 5.30. The first-order valence-corrected chi connectivity index (χ1v) is 6.96. The molecule has 0 aliphatic carbocycles. The van der Waals surface area contributed by atoms with Gasteiger partial charge >= 0.3 is 0 Å². The standard InChI is InChI=1S/C18H16N2O2/c1-4-5-10(2)15-14(21)8-11(3)17-16(15)13-9-19-7-6-12(13)18(22)20-17/h4-9,21H,1H2,2-3H3,(H,20,22)/b10-5+. The fourth-order valence-electron chi connectivity index (χ4n) is 2.86. The molecule has 4 nitrogen and oxygen atoms in total. The lowest BCUT2D eigenvalue weighted by molar-refractivity contribution is 0.474. The van der Waals surface area contributed by atoms with E-state index in [9.17, 15) is 9.90 Å². The van der Waals surface area contributed by atoms with Crippen molar-refractivity contribution in [3.63, 3.8) is 0 Å². The van der Waals surface area contributed by atoms with E-state index in [1.807, 2.05) is 19.9 Å². The summed E-state index contributed by atoms with van der Waals surface area (Å²) < 4.78 is 0. The molecule has 2 heterocycles. The quantitative estimate of drug-likeness (QED) is 0.559. The first kappa shape index (κ1) is 14.1. The highest BCUT2D eigenvalue weighted by Crippen LogP contribution is 2.37. The number of pyridine rings is 2. The molecule has 4 heteroatoms. The van der Waals surface area contributed by atoms with Crippen LogP contribution in [-0.4, -0.2) is 15.1 Å². The number of aromatic amines is 1. The van der Waals surface area contributed by atoms with Gasteiger partial charge in [0.25, 0.3) is 5.56 Å². The highest BCUT2D eigenvalue weighted by atomic mass is 16.3. The molecule has 0 aliphatic heterocycles. The van der Waals surface area contributed by atoms with E-state index in [2.05, 4.69) is 16.5 Å². The van der Waals surface area contributed by atoms with Gasteiger partial charge in [-0.1, -0.05) is 18.7 Å². The van der Waals surface area contributed by atoms with E-state index in [0.717, 1.165) is 27.4 Å². The van der Waals surface area contributed by atoms with Crippen LogP contribution in [0.5, 0.6) is 5.75 Å². The van der Waals surface area contributed by atoms with Crippen LogP contribution in [0.4, 0.5) is 0 Å². The molecular formula is C18H16N2O2. The van der Waals surface area contributed by atoms with Crippen LogP contribution in [0.2, 0.25) is 0 Å². The smallest absolute Gasteiger partial charge is 0.256 e. The highest BCUT2D eigenvalue weighted by Gasteiger charge is 2.16. The lowest BCUT2D eigenvalue weighted by Gasteiger charge is -2.14. The van der Waals surface area contributed by atoms with Crippen molar-refractivity contribution in [3.05, 3.63) is 64.7 Å². The van der Waals surface area contributed by atoms with Crippen LogP contribution in [-0.2, 0) is 0 Å². The molecule has 110 valence electrons. The van der Waals surface area contributed by atoms with Crippen LogP contribution in [0.3, 0.4) is 0 Å². The summed E-state index contributed by atoms with van der Waals surface area (Å²) in [5, 5.41) is 12.5. The Kier molecular flexibility index (Phi) is 3.29. The van der Waals surface area contributed by atoms with Crippen molar-refractivity contribution in [1.29, 1.82) is 0 Å². The van der Waals surface area contributed by atoms with Crippen molar-refractivity contribution in [2.45, 2.75) is 13.8 Å². The molecule has 0 amide bonds. The molecule has 0 atom stereocenters. The Balaban J connectivity index is 2.66. The third-order valence-corrected chi connectivity index (χ3v) is 3.84. The molecule has 0 aliphatic rings. The summed E-state index contributed by atoms with van der Waals surface area (Å²) in [7, 11) is 0. The maximum Gasteiger partial charge on any atom is 0.256 e.